The average molecular weight is 423 g/mol. The Morgan fingerprint density at radius 1 is 0.864 bits per heavy atom. The number of carbonyl (C=O) groups excluding carboxylic acids is 2. The molecule has 0 rings (SSSR count). The third-order valence-corrected chi connectivity index (χ3v) is 7.53. The van der Waals surface area contributed by atoms with Crippen LogP contribution >= 0.6 is 72.1 Å². The summed E-state index contributed by atoms with van der Waals surface area (Å²) in [5.74, 6) is 0.413. The van der Waals surface area contributed by atoms with Crippen LogP contribution in [0.15, 0.2) is 0 Å². The molecule has 0 heterocycles. The van der Waals surface area contributed by atoms with Crippen LogP contribution in [0.2, 0.25) is 0 Å². The molecule has 0 saturated carbocycles. The fraction of sp³-hybridized carbons (Fsp3) is 0.833. The first-order valence-electron chi connectivity index (χ1n) is 6.55. The van der Waals surface area contributed by atoms with Gasteiger partial charge in [0.1, 0.15) is 23.7 Å². The molecular weight excluding hydrogens is 401 g/mol. The van der Waals surface area contributed by atoms with Crippen molar-refractivity contribution < 1.29 is 19.1 Å². The summed E-state index contributed by atoms with van der Waals surface area (Å²) in [5, 5.41) is -0.911. The van der Waals surface area contributed by atoms with Crippen molar-refractivity contribution in [1.82, 2.24) is 0 Å². The Kier molecular flexibility index (Phi) is 14.0. The lowest BCUT2D eigenvalue weighted by Crippen LogP contribution is -2.23. The maximum absolute atomic E-state index is 11.7. The normalized spacial score (nSPS) is 16.5. The van der Waals surface area contributed by atoms with Gasteiger partial charge in [0.05, 0.1) is 0 Å². The molecule has 0 amide bonds. The molecule has 0 bridgehead atoms. The van der Waals surface area contributed by atoms with E-state index < -0.39 is 0 Å². The van der Waals surface area contributed by atoms with Gasteiger partial charge in [0.15, 0.2) is 0 Å². The number of ether oxygens (including phenoxy) is 2. The maximum atomic E-state index is 11.7. The van der Waals surface area contributed by atoms with Gasteiger partial charge in [-0.2, -0.15) is 50.5 Å². The van der Waals surface area contributed by atoms with Crippen LogP contribution in [0.5, 0.6) is 0 Å². The summed E-state index contributed by atoms with van der Waals surface area (Å²) in [6, 6.07) is 0. The smallest absolute Gasteiger partial charge is 0.319 e. The Labute approximate surface area is 162 Å². The van der Waals surface area contributed by atoms with Gasteiger partial charge >= 0.3 is 11.9 Å². The second-order valence-corrected chi connectivity index (χ2v) is 9.55. The highest BCUT2D eigenvalue weighted by Gasteiger charge is 2.22. The van der Waals surface area contributed by atoms with Crippen molar-refractivity contribution in [2.24, 2.45) is 0 Å². The molecule has 0 aromatic rings. The van der Waals surface area contributed by atoms with Crippen LogP contribution in [0.25, 0.3) is 0 Å². The number of rotatable bonds is 11. The van der Waals surface area contributed by atoms with Gasteiger partial charge in [-0.15, -0.1) is 0 Å². The molecule has 22 heavy (non-hydrogen) atoms. The molecule has 0 aliphatic heterocycles. The molecule has 0 saturated heterocycles. The third kappa shape index (κ3) is 10.7. The summed E-state index contributed by atoms with van der Waals surface area (Å²) in [6.07, 6.45) is 0. The lowest BCUT2D eigenvalue weighted by atomic mass is 10.4. The molecule has 0 aliphatic rings. The molecule has 0 N–H and O–H groups in total. The lowest BCUT2D eigenvalue weighted by Gasteiger charge is -2.15. The van der Waals surface area contributed by atoms with Gasteiger partial charge in [-0.25, -0.2) is 0 Å². The van der Waals surface area contributed by atoms with Crippen molar-refractivity contribution in [3.05, 3.63) is 0 Å². The van der Waals surface area contributed by atoms with E-state index in [1.54, 1.807) is 13.8 Å². The first kappa shape index (κ1) is 23.0. The Morgan fingerprint density at radius 3 is 1.45 bits per heavy atom. The molecule has 0 aromatic carbocycles. The second kappa shape index (κ2) is 13.3. The molecule has 0 aromatic heterocycles. The van der Waals surface area contributed by atoms with Gasteiger partial charge in [0, 0.05) is 22.0 Å². The fourth-order valence-electron chi connectivity index (χ4n) is 0.942. The van der Waals surface area contributed by atoms with E-state index in [1.807, 2.05) is 0 Å². The van der Waals surface area contributed by atoms with Gasteiger partial charge in [-0.05, 0) is 13.8 Å². The minimum atomic E-state index is -0.379. The van der Waals surface area contributed by atoms with Crippen LogP contribution < -0.4 is 0 Å². The third-order valence-electron chi connectivity index (χ3n) is 2.27. The average Bonchev–Trinajstić information content (AvgIpc) is 2.53. The number of hydrogen-bond acceptors (Lipinski definition) is 10. The van der Waals surface area contributed by atoms with Crippen LogP contribution in [0.4, 0.5) is 0 Å². The van der Waals surface area contributed by atoms with Crippen LogP contribution in [-0.2, 0) is 19.1 Å². The SMILES string of the molecule is CC(SSC(C)C(=O)OCC(S)CS)C(=O)OCC(S)CS. The molecule has 0 spiro atoms. The fourth-order valence-corrected chi connectivity index (χ4v) is 3.40. The highest BCUT2D eigenvalue weighted by atomic mass is 33.1. The van der Waals surface area contributed by atoms with Crippen LogP contribution in [0, 0.1) is 0 Å². The first-order valence-corrected chi connectivity index (χ1v) is 11.1. The number of hydrogen-bond donors (Lipinski definition) is 4. The zero-order chi connectivity index (χ0) is 17.1. The number of carbonyl (C=O) groups is 2. The maximum Gasteiger partial charge on any atom is 0.319 e. The van der Waals surface area contributed by atoms with Gasteiger partial charge < -0.3 is 9.47 Å². The molecule has 10 heteroatoms. The highest BCUT2D eigenvalue weighted by molar-refractivity contribution is 8.77. The van der Waals surface area contributed by atoms with E-state index in [0.29, 0.717) is 11.5 Å². The van der Waals surface area contributed by atoms with E-state index in [2.05, 4.69) is 50.5 Å². The van der Waals surface area contributed by atoms with Gasteiger partial charge in [0.2, 0.25) is 0 Å². The van der Waals surface area contributed by atoms with E-state index >= 15 is 0 Å². The summed E-state index contributed by atoms with van der Waals surface area (Å²) in [4.78, 5) is 23.5. The Morgan fingerprint density at radius 2 is 1.18 bits per heavy atom. The first-order chi connectivity index (χ1) is 10.3. The summed E-state index contributed by atoms with van der Waals surface area (Å²) >= 11 is 16.5. The Hall–Kier alpha value is 1.04. The van der Waals surface area contributed by atoms with Crippen LogP contribution in [-0.4, -0.2) is 57.7 Å². The van der Waals surface area contributed by atoms with Crippen molar-refractivity contribution in [2.45, 2.75) is 34.8 Å². The summed E-state index contributed by atoms with van der Waals surface area (Å²) in [6.45, 7) is 3.92. The van der Waals surface area contributed by atoms with Crippen molar-refractivity contribution in [3.8, 4) is 0 Å². The molecule has 4 unspecified atom stereocenters. The molecule has 4 nitrogen and oxygen atoms in total. The monoisotopic (exact) mass is 422 g/mol. The predicted octanol–water partition coefficient (Wildman–Crippen LogP) is 2.69. The molecular formula is C12H22O4S6. The number of thiol groups is 4. The molecule has 0 aliphatic carbocycles. The summed E-state index contributed by atoms with van der Waals surface area (Å²) in [7, 11) is 2.57. The van der Waals surface area contributed by atoms with E-state index in [-0.39, 0.29) is 46.2 Å². The largest absolute Gasteiger partial charge is 0.464 e. The van der Waals surface area contributed by atoms with E-state index in [1.165, 1.54) is 21.6 Å². The lowest BCUT2D eigenvalue weighted by molar-refractivity contribution is -0.143. The van der Waals surface area contributed by atoms with E-state index in [9.17, 15) is 9.59 Å². The Bertz CT molecular complexity index is 312. The minimum absolute atomic E-state index is 0.0768. The van der Waals surface area contributed by atoms with Gasteiger partial charge in [0.25, 0.3) is 0 Å². The molecule has 0 radical (unpaired) electrons. The van der Waals surface area contributed by atoms with Crippen LogP contribution in [0.3, 0.4) is 0 Å². The van der Waals surface area contributed by atoms with Crippen molar-refractivity contribution >= 4 is 84.0 Å². The summed E-state index contributed by atoms with van der Waals surface area (Å²) < 4.78 is 10.2. The van der Waals surface area contributed by atoms with Crippen molar-refractivity contribution in [2.75, 3.05) is 24.7 Å². The molecule has 0 fully saturated rings. The standard InChI is InChI=1S/C12H22O4S6/c1-7(11(13)15-3-9(19)5-17)21-22-8(2)12(14)16-4-10(20)6-18/h7-10,17-20H,3-6H2,1-2H3. The molecule has 4 atom stereocenters. The van der Waals surface area contributed by atoms with Gasteiger partial charge in [-0.1, -0.05) is 21.6 Å². The predicted molar refractivity (Wildman–Crippen MR) is 109 cm³/mol. The quantitative estimate of drug-likeness (QED) is 0.233. The van der Waals surface area contributed by atoms with Crippen molar-refractivity contribution in [1.29, 1.82) is 0 Å². The topological polar surface area (TPSA) is 52.6 Å². The zero-order valence-electron chi connectivity index (χ0n) is 12.4. The van der Waals surface area contributed by atoms with Crippen LogP contribution in [0.1, 0.15) is 13.8 Å². The van der Waals surface area contributed by atoms with E-state index in [4.69, 9.17) is 9.47 Å². The number of esters is 2. The zero-order valence-corrected chi connectivity index (χ0v) is 17.6. The second-order valence-electron chi connectivity index (χ2n) is 4.41. The highest BCUT2D eigenvalue weighted by Crippen LogP contribution is 2.32. The van der Waals surface area contributed by atoms with E-state index in [0.717, 1.165) is 0 Å². The molecule has 130 valence electrons. The Balaban J connectivity index is 3.99. The summed E-state index contributed by atoms with van der Waals surface area (Å²) in [5.41, 5.74) is 0. The van der Waals surface area contributed by atoms with Crippen molar-refractivity contribution in [3.63, 3.8) is 0 Å². The van der Waals surface area contributed by atoms with Gasteiger partial charge in [-0.3, -0.25) is 9.59 Å². The minimum Gasteiger partial charge on any atom is -0.464 e.